The van der Waals surface area contributed by atoms with Gasteiger partial charge in [-0.15, -0.1) is 0 Å². The van der Waals surface area contributed by atoms with Gasteiger partial charge in [-0.1, -0.05) is 13.8 Å². The van der Waals surface area contributed by atoms with Crippen LogP contribution in [0, 0.1) is 5.92 Å². The van der Waals surface area contributed by atoms with Crippen LogP contribution in [-0.2, 0) is 18.7 Å². The van der Waals surface area contributed by atoms with Crippen LogP contribution in [0.25, 0.3) is 0 Å². The van der Waals surface area contributed by atoms with Crippen molar-refractivity contribution in [3.63, 3.8) is 0 Å². The number of hydrogen-bond donors (Lipinski definition) is 0. The molecule has 0 rings (SSSR count). The van der Waals surface area contributed by atoms with Crippen molar-refractivity contribution in [2.75, 3.05) is 19.8 Å². The molecule has 0 spiro atoms. The molecule has 0 aromatic rings. The second kappa shape index (κ2) is 7.74. The third-order valence-corrected chi connectivity index (χ3v) is 4.44. The molecule has 0 heterocycles. The van der Waals surface area contributed by atoms with Crippen molar-refractivity contribution < 1.29 is 18.7 Å². The van der Waals surface area contributed by atoms with Crippen molar-refractivity contribution >= 4 is 14.2 Å². The Balaban J connectivity index is 5.20. The van der Waals surface area contributed by atoms with Gasteiger partial charge in [-0.2, -0.15) is 0 Å². The van der Waals surface area contributed by atoms with Crippen LogP contribution in [0.1, 0.15) is 34.6 Å². The Bertz CT molecular complexity index is 240. The molecule has 94 valence electrons. The Kier molecular flexibility index (Phi) is 7.50. The first kappa shape index (κ1) is 15.5. The molecule has 16 heavy (non-hydrogen) atoms. The molecule has 0 bridgehead atoms. The molecule has 0 aliphatic carbocycles. The van der Waals surface area contributed by atoms with Crippen LogP contribution in [0.15, 0.2) is 0 Å². The standard InChI is InChI=1S/C11H22O4Si/c1-6-13-11(10(4)5,14-7-2)16(9-12)15-8-3/h10H,6-8H2,1-5H3. The highest BCUT2D eigenvalue weighted by Crippen LogP contribution is 2.24. The fourth-order valence-corrected chi connectivity index (χ4v) is 3.31. The van der Waals surface area contributed by atoms with E-state index in [1.807, 2.05) is 40.2 Å². The fourth-order valence-electron chi connectivity index (χ4n) is 1.54. The molecule has 0 aliphatic heterocycles. The molecule has 0 N–H and O–H groups in total. The Hall–Kier alpha value is -0.483. The minimum Gasteiger partial charge on any atom is -0.541 e. The first-order valence-corrected chi connectivity index (χ1v) is 7.16. The summed E-state index contributed by atoms with van der Waals surface area (Å²) in [6, 6.07) is 0. The Morgan fingerprint density at radius 3 is 1.88 bits per heavy atom. The zero-order valence-corrected chi connectivity index (χ0v) is 11.8. The summed E-state index contributed by atoms with van der Waals surface area (Å²) in [5, 5.41) is 0. The van der Waals surface area contributed by atoms with Gasteiger partial charge in [-0.3, -0.25) is 0 Å². The molecule has 0 saturated heterocycles. The van der Waals surface area contributed by atoms with Crippen molar-refractivity contribution in [2.45, 2.75) is 40.0 Å². The van der Waals surface area contributed by atoms with Crippen molar-refractivity contribution in [1.82, 2.24) is 0 Å². The second-order valence-electron chi connectivity index (χ2n) is 3.55. The van der Waals surface area contributed by atoms with Crippen LogP contribution in [0.5, 0.6) is 0 Å². The second-order valence-corrected chi connectivity index (χ2v) is 5.40. The van der Waals surface area contributed by atoms with Crippen molar-refractivity contribution in [1.29, 1.82) is 0 Å². The van der Waals surface area contributed by atoms with Gasteiger partial charge in [0.2, 0.25) is 5.41 Å². The van der Waals surface area contributed by atoms with Gasteiger partial charge in [-0.05, 0) is 20.8 Å². The molecule has 0 aliphatic rings. The molecular weight excluding hydrogens is 224 g/mol. The van der Waals surface area contributed by atoms with Gasteiger partial charge in [-0.25, -0.2) is 4.79 Å². The van der Waals surface area contributed by atoms with E-state index in [1.165, 1.54) is 0 Å². The van der Waals surface area contributed by atoms with Gasteiger partial charge in [0, 0.05) is 19.1 Å². The van der Waals surface area contributed by atoms with E-state index in [1.54, 1.807) is 0 Å². The number of carbonyl (C=O) groups excluding carboxylic acids is 1. The van der Waals surface area contributed by atoms with E-state index in [2.05, 4.69) is 0 Å². The van der Waals surface area contributed by atoms with E-state index in [0.29, 0.717) is 19.8 Å². The average molecular weight is 246 g/mol. The van der Waals surface area contributed by atoms with Crippen LogP contribution >= 0.6 is 0 Å². The Morgan fingerprint density at radius 1 is 1.12 bits per heavy atom. The SMILES string of the molecule is CCO[Si](=C=O)C(OCC)(OCC)C(C)C. The lowest BCUT2D eigenvalue weighted by molar-refractivity contribution is -0.207. The number of rotatable bonds is 8. The smallest absolute Gasteiger partial charge is 0.402 e. The molecule has 0 fully saturated rings. The summed E-state index contributed by atoms with van der Waals surface area (Å²) >= 11 is 0. The first-order chi connectivity index (χ1) is 7.58. The maximum absolute atomic E-state index is 11.0. The summed E-state index contributed by atoms with van der Waals surface area (Å²) in [5.41, 5.74) is 1.05. The molecule has 0 amide bonds. The largest absolute Gasteiger partial charge is 0.541 e. The van der Waals surface area contributed by atoms with Gasteiger partial charge in [0.25, 0.3) is 0 Å². The molecule has 0 atom stereocenters. The Morgan fingerprint density at radius 2 is 1.62 bits per heavy atom. The minimum atomic E-state index is -1.91. The molecule has 0 unspecified atom stereocenters. The molecule has 5 heteroatoms. The summed E-state index contributed by atoms with van der Waals surface area (Å²) in [4.78, 5) is 11.0. The lowest BCUT2D eigenvalue weighted by atomic mass is 10.2. The minimum absolute atomic E-state index is 0.0503. The van der Waals surface area contributed by atoms with Crippen molar-refractivity contribution in [2.24, 2.45) is 5.92 Å². The summed E-state index contributed by atoms with van der Waals surface area (Å²) in [6.45, 7) is 11.0. The highest BCUT2D eigenvalue weighted by atomic mass is 28.3. The third kappa shape index (κ3) is 3.52. The van der Waals surface area contributed by atoms with Crippen LogP contribution in [-0.4, -0.2) is 39.4 Å². The molecule has 0 aromatic carbocycles. The van der Waals surface area contributed by atoms with Gasteiger partial charge in [0.15, 0.2) is 0 Å². The molecule has 0 saturated carbocycles. The van der Waals surface area contributed by atoms with Crippen LogP contribution in [0.2, 0.25) is 0 Å². The lowest BCUT2D eigenvalue weighted by Gasteiger charge is -2.35. The normalized spacial score (nSPS) is 11.4. The van der Waals surface area contributed by atoms with Gasteiger partial charge in [0.1, 0.15) is 5.54 Å². The van der Waals surface area contributed by atoms with Crippen molar-refractivity contribution in [3.05, 3.63) is 0 Å². The van der Waals surface area contributed by atoms with Crippen molar-refractivity contribution in [3.8, 4) is 0 Å². The number of hydrogen-bond acceptors (Lipinski definition) is 4. The van der Waals surface area contributed by atoms with Crippen LogP contribution in [0.3, 0.4) is 0 Å². The highest BCUT2D eigenvalue weighted by molar-refractivity contribution is 6.59. The van der Waals surface area contributed by atoms with Gasteiger partial charge in [0.05, 0.1) is 6.61 Å². The van der Waals surface area contributed by atoms with E-state index >= 15 is 0 Å². The summed E-state index contributed by atoms with van der Waals surface area (Å²) in [6.07, 6.45) is 0. The Labute approximate surface area is 99.2 Å². The monoisotopic (exact) mass is 246 g/mol. The predicted octanol–water partition coefficient (Wildman–Crippen LogP) is 1.63. The summed E-state index contributed by atoms with van der Waals surface area (Å²) in [5.74, 6) is 0.0503. The molecule has 0 aromatic heterocycles. The third-order valence-electron chi connectivity index (χ3n) is 2.18. The summed E-state index contributed by atoms with van der Waals surface area (Å²) < 4.78 is 16.8. The topological polar surface area (TPSA) is 44.8 Å². The lowest BCUT2D eigenvalue weighted by Crippen LogP contribution is -2.52. The maximum Gasteiger partial charge on any atom is 0.402 e. The van der Waals surface area contributed by atoms with E-state index < -0.39 is 14.1 Å². The van der Waals surface area contributed by atoms with Gasteiger partial charge < -0.3 is 13.9 Å². The summed E-state index contributed by atoms with van der Waals surface area (Å²) in [7, 11) is -1.91. The van der Waals surface area contributed by atoms with Crippen LogP contribution < -0.4 is 0 Å². The molecule has 0 radical (unpaired) electrons. The first-order valence-electron chi connectivity index (χ1n) is 5.75. The predicted molar refractivity (Wildman–Crippen MR) is 63.9 cm³/mol. The van der Waals surface area contributed by atoms with Gasteiger partial charge >= 0.3 is 8.65 Å². The molecule has 4 nitrogen and oxygen atoms in total. The zero-order valence-electron chi connectivity index (χ0n) is 10.8. The fraction of sp³-hybridized carbons (Fsp3) is 0.909. The quantitative estimate of drug-likeness (QED) is 0.482. The van der Waals surface area contributed by atoms with E-state index in [4.69, 9.17) is 13.9 Å². The van der Waals surface area contributed by atoms with Crippen LogP contribution in [0.4, 0.5) is 0 Å². The average Bonchev–Trinajstić information content (AvgIpc) is 2.25. The maximum atomic E-state index is 11.0. The highest BCUT2D eigenvalue weighted by Gasteiger charge is 2.44. The van der Waals surface area contributed by atoms with E-state index in [-0.39, 0.29) is 5.92 Å². The van der Waals surface area contributed by atoms with E-state index in [0.717, 1.165) is 0 Å². The number of ether oxygens (including phenoxy) is 2. The van der Waals surface area contributed by atoms with E-state index in [9.17, 15) is 4.79 Å². The zero-order chi connectivity index (χ0) is 12.6. The molecular formula is C11H22O4Si.